The average Bonchev–Trinajstić information content (AvgIpc) is 2.37. The molecule has 5 aliphatic rings. The van der Waals surface area contributed by atoms with E-state index in [9.17, 15) is 4.79 Å². The summed E-state index contributed by atoms with van der Waals surface area (Å²) in [5.41, 5.74) is 0.474. The van der Waals surface area contributed by atoms with Crippen molar-refractivity contribution in [3.8, 4) is 0 Å². The molecule has 5 rings (SSSR count). The summed E-state index contributed by atoms with van der Waals surface area (Å²) in [6.07, 6.45) is 8.66. The van der Waals surface area contributed by atoms with E-state index in [2.05, 4.69) is 17.1 Å². The van der Waals surface area contributed by atoms with Gasteiger partial charge in [-0.2, -0.15) is 0 Å². The molecule has 3 heteroatoms. The Bertz CT molecular complexity index is 357. The van der Waals surface area contributed by atoms with Gasteiger partial charge in [-0.15, -0.1) is 0 Å². The summed E-state index contributed by atoms with van der Waals surface area (Å²) in [7, 11) is 0. The van der Waals surface area contributed by atoms with Crippen LogP contribution < -0.4 is 5.32 Å². The minimum absolute atomic E-state index is 0.328. The molecule has 4 saturated carbocycles. The molecule has 5 fully saturated rings. The Labute approximate surface area is 116 Å². The van der Waals surface area contributed by atoms with Crippen LogP contribution in [0, 0.1) is 23.2 Å². The predicted octanol–water partition coefficient (Wildman–Crippen LogP) is 2.02. The number of hydrogen-bond donors (Lipinski definition) is 1. The fourth-order valence-corrected chi connectivity index (χ4v) is 6.05. The third-order valence-electron chi connectivity index (χ3n) is 6.57. The summed E-state index contributed by atoms with van der Waals surface area (Å²) >= 11 is 0. The number of carbonyl (C=O) groups is 1. The normalized spacial score (nSPS) is 46.7. The molecule has 1 aliphatic heterocycles. The van der Waals surface area contributed by atoms with Gasteiger partial charge in [0.2, 0.25) is 5.91 Å². The van der Waals surface area contributed by atoms with Crippen LogP contribution >= 0.6 is 0 Å². The first kappa shape index (κ1) is 12.2. The van der Waals surface area contributed by atoms with Crippen LogP contribution in [0.2, 0.25) is 0 Å². The second-order valence-corrected chi connectivity index (χ2v) is 7.72. The average molecular weight is 262 g/mol. The monoisotopic (exact) mass is 262 g/mol. The van der Waals surface area contributed by atoms with Crippen molar-refractivity contribution >= 4 is 5.91 Å². The zero-order chi connectivity index (χ0) is 13.0. The summed E-state index contributed by atoms with van der Waals surface area (Å²) in [6, 6.07) is 0.468. The summed E-state index contributed by atoms with van der Waals surface area (Å²) in [4.78, 5) is 14.4. The molecule has 106 valence electrons. The molecule has 0 aromatic carbocycles. The summed E-state index contributed by atoms with van der Waals surface area (Å²) < 4.78 is 0. The smallest absolute Gasteiger partial charge is 0.236 e. The van der Waals surface area contributed by atoms with Crippen LogP contribution in [-0.4, -0.2) is 36.5 Å². The van der Waals surface area contributed by atoms with Crippen molar-refractivity contribution in [3.63, 3.8) is 0 Å². The molecule has 19 heavy (non-hydrogen) atoms. The highest BCUT2D eigenvalue weighted by atomic mass is 16.2. The number of rotatable bonds is 2. The highest BCUT2D eigenvalue weighted by Crippen LogP contribution is 2.61. The van der Waals surface area contributed by atoms with Crippen LogP contribution in [0.25, 0.3) is 0 Å². The molecule has 1 N–H and O–H groups in total. The van der Waals surface area contributed by atoms with E-state index >= 15 is 0 Å². The fourth-order valence-electron chi connectivity index (χ4n) is 6.05. The van der Waals surface area contributed by atoms with Gasteiger partial charge in [-0.25, -0.2) is 0 Å². The Morgan fingerprint density at radius 1 is 1.16 bits per heavy atom. The standard InChI is InChI=1S/C16H26N2O/c1-11(18-3-2-17-10-15(18)19)16-7-12-4-13(8-16)6-14(5-12)9-16/h11-14,17H,2-10H2,1H3. The number of nitrogens with zero attached hydrogens (tertiary/aromatic N) is 1. The molecule has 1 heterocycles. The minimum Gasteiger partial charge on any atom is -0.337 e. The first-order chi connectivity index (χ1) is 9.16. The van der Waals surface area contributed by atoms with E-state index in [4.69, 9.17) is 0 Å². The van der Waals surface area contributed by atoms with Gasteiger partial charge >= 0.3 is 0 Å². The lowest BCUT2D eigenvalue weighted by molar-refractivity contribution is -0.146. The first-order valence-electron chi connectivity index (χ1n) is 8.16. The van der Waals surface area contributed by atoms with Gasteiger partial charge in [-0.1, -0.05) is 0 Å². The molecule has 1 unspecified atom stereocenters. The first-order valence-corrected chi connectivity index (χ1v) is 8.16. The molecule has 0 aromatic heterocycles. The Hall–Kier alpha value is -0.570. The third kappa shape index (κ3) is 1.84. The van der Waals surface area contributed by atoms with E-state index in [1.165, 1.54) is 38.5 Å². The summed E-state index contributed by atoms with van der Waals surface area (Å²) in [6.45, 7) is 4.79. The van der Waals surface area contributed by atoms with Crippen LogP contribution in [-0.2, 0) is 4.79 Å². The van der Waals surface area contributed by atoms with Crippen LogP contribution in [0.4, 0.5) is 0 Å². The number of nitrogens with one attached hydrogen (secondary N) is 1. The largest absolute Gasteiger partial charge is 0.337 e. The van der Waals surface area contributed by atoms with E-state index in [-0.39, 0.29) is 0 Å². The second-order valence-electron chi connectivity index (χ2n) is 7.72. The number of carbonyl (C=O) groups excluding carboxylic acids is 1. The molecule has 3 nitrogen and oxygen atoms in total. The van der Waals surface area contributed by atoms with Gasteiger partial charge in [0.15, 0.2) is 0 Å². The molecule has 1 atom stereocenters. The van der Waals surface area contributed by atoms with Gasteiger partial charge < -0.3 is 10.2 Å². The van der Waals surface area contributed by atoms with Crippen LogP contribution in [0.15, 0.2) is 0 Å². The van der Waals surface area contributed by atoms with Crippen molar-refractivity contribution in [2.24, 2.45) is 23.2 Å². The van der Waals surface area contributed by atoms with E-state index in [1.54, 1.807) is 0 Å². The summed E-state index contributed by atoms with van der Waals surface area (Å²) in [5.74, 6) is 3.26. The topological polar surface area (TPSA) is 32.3 Å². The molecule has 0 spiro atoms. The van der Waals surface area contributed by atoms with Gasteiger partial charge in [-0.05, 0) is 68.6 Å². The number of hydrogen-bond acceptors (Lipinski definition) is 2. The minimum atomic E-state index is 0.328. The zero-order valence-electron chi connectivity index (χ0n) is 12.0. The molecule has 1 amide bonds. The van der Waals surface area contributed by atoms with Gasteiger partial charge in [-0.3, -0.25) is 4.79 Å². The maximum Gasteiger partial charge on any atom is 0.236 e. The molecule has 4 bridgehead atoms. The second kappa shape index (κ2) is 4.21. The molecular weight excluding hydrogens is 236 g/mol. The Kier molecular flexibility index (Phi) is 2.70. The molecular formula is C16H26N2O. The zero-order valence-corrected chi connectivity index (χ0v) is 12.0. The lowest BCUT2D eigenvalue weighted by atomic mass is 9.47. The fraction of sp³-hybridized carbons (Fsp3) is 0.938. The summed E-state index contributed by atoms with van der Waals surface area (Å²) in [5, 5.41) is 3.20. The Morgan fingerprint density at radius 3 is 2.26 bits per heavy atom. The van der Waals surface area contributed by atoms with Crippen LogP contribution in [0.1, 0.15) is 45.4 Å². The van der Waals surface area contributed by atoms with Crippen molar-refractivity contribution in [3.05, 3.63) is 0 Å². The SMILES string of the molecule is CC(N1CCNCC1=O)C12CC3CC(CC(C3)C1)C2. The van der Waals surface area contributed by atoms with E-state index in [1.807, 2.05) is 0 Å². The lowest BCUT2D eigenvalue weighted by Gasteiger charge is -2.60. The van der Waals surface area contributed by atoms with Gasteiger partial charge in [0.1, 0.15) is 0 Å². The molecule has 1 saturated heterocycles. The number of amides is 1. The van der Waals surface area contributed by atoms with Crippen molar-refractivity contribution < 1.29 is 4.79 Å². The molecule has 0 aromatic rings. The Balaban J connectivity index is 1.58. The van der Waals surface area contributed by atoms with Gasteiger partial charge in [0.05, 0.1) is 6.54 Å². The maximum absolute atomic E-state index is 12.2. The maximum atomic E-state index is 12.2. The van der Waals surface area contributed by atoms with Crippen molar-refractivity contribution in [1.82, 2.24) is 10.2 Å². The van der Waals surface area contributed by atoms with Crippen molar-refractivity contribution in [1.29, 1.82) is 0 Å². The van der Waals surface area contributed by atoms with Gasteiger partial charge in [0.25, 0.3) is 0 Å². The van der Waals surface area contributed by atoms with E-state index in [0.29, 0.717) is 23.9 Å². The van der Waals surface area contributed by atoms with Crippen molar-refractivity contribution in [2.45, 2.75) is 51.5 Å². The van der Waals surface area contributed by atoms with E-state index in [0.717, 1.165) is 30.8 Å². The highest BCUT2D eigenvalue weighted by Gasteiger charge is 2.54. The lowest BCUT2D eigenvalue weighted by Crippen LogP contribution is -2.60. The quantitative estimate of drug-likeness (QED) is 0.826. The number of piperazine rings is 1. The van der Waals surface area contributed by atoms with E-state index < -0.39 is 0 Å². The van der Waals surface area contributed by atoms with Crippen LogP contribution in [0.5, 0.6) is 0 Å². The highest BCUT2D eigenvalue weighted by molar-refractivity contribution is 5.79. The predicted molar refractivity (Wildman–Crippen MR) is 74.6 cm³/mol. The molecule has 0 radical (unpaired) electrons. The van der Waals surface area contributed by atoms with Crippen LogP contribution in [0.3, 0.4) is 0 Å². The Morgan fingerprint density at radius 2 is 1.74 bits per heavy atom. The van der Waals surface area contributed by atoms with Gasteiger partial charge in [0, 0.05) is 19.1 Å². The van der Waals surface area contributed by atoms with Crippen molar-refractivity contribution in [2.75, 3.05) is 19.6 Å². The molecule has 4 aliphatic carbocycles. The third-order valence-corrected chi connectivity index (χ3v) is 6.57.